The lowest BCUT2D eigenvalue weighted by molar-refractivity contribution is 0.0711. The highest BCUT2D eigenvalue weighted by Crippen LogP contribution is 2.28. The van der Waals surface area contributed by atoms with E-state index in [0.29, 0.717) is 12.5 Å². The monoisotopic (exact) mass is 396 g/mol. The third-order valence-electron chi connectivity index (χ3n) is 4.86. The van der Waals surface area contributed by atoms with Crippen LogP contribution in [0.25, 0.3) is 0 Å². The summed E-state index contributed by atoms with van der Waals surface area (Å²) < 4.78 is 13.1. The smallest absolute Gasteiger partial charge is 0.263 e. The summed E-state index contributed by atoms with van der Waals surface area (Å²) in [6.07, 6.45) is 3.66. The van der Waals surface area contributed by atoms with Crippen molar-refractivity contribution in [3.63, 3.8) is 0 Å². The Morgan fingerprint density at radius 1 is 1.21 bits per heavy atom. The van der Waals surface area contributed by atoms with Gasteiger partial charge in [-0.3, -0.25) is 4.79 Å². The highest BCUT2D eigenvalue weighted by Gasteiger charge is 2.27. The van der Waals surface area contributed by atoms with E-state index >= 15 is 0 Å². The minimum atomic E-state index is -0.284. The largest absolute Gasteiger partial charge is 0.337 e. The van der Waals surface area contributed by atoms with Gasteiger partial charge in [0.1, 0.15) is 5.82 Å². The lowest BCUT2D eigenvalue weighted by Gasteiger charge is -2.32. The SMILES string of the molecule is Cc1ccc(C(=O)N2CCC[C@H](c3ccnc(Nc4ccc(F)cc4)n3)C2)s1. The molecule has 1 aliphatic rings. The van der Waals surface area contributed by atoms with Crippen molar-refractivity contribution in [2.45, 2.75) is 25.7 Å². The van der Waals surface area contributed by atoms with Crippen molar-refractivity contribution >= 4 is 28.9 Å². The molecule has 28 heavy (non-hydrogen) atoms. The standard InChI is InChI=1S/C21H21FN4OS/c1-14-4-9-19(28-14)20(27)26-12-2-3-15(13-26)18-10-11-23-21(25-18)24-17-7-5-16(22)6-8-17/h4-11,15H,2-3,12-13H2,1H3,(H,23,24,25)/t15-/m0/s1. The van der Waals surface area contributed by atoms with E-state index in [1.165, 1.54) is 23.5 Å². The van der Waals surface area contributed by atoms with E-state index in [1.54, 1.807) is 18.3 Å². The molecule has 3 aromatic rings. The van der Waals surface area contributed by atoms with E-state index in [1.807, 2.05) is 30.0 Å². The van der Waals surface area contributed by atoms with Crippen LogP contribution in [-0.4, -0.2) is 33.9 Å². The topological polar surface area (TPSA) is 58.1 Å². The van der Waals surface area contributed by atoms with Crippen molar-refractivity contribution < 1.29 is 9.18 Å². The van der Waals surface area contributed by atoms with Gasteiger partial charge in [0.15, 0.2) is 0 Å². The van der Waals surface area contributed by atoms with Crippen molar-refractivity contribution in [1.82, 2.24) is 14.9 Å². The second-order valence-electron chi connectivity index (χ2n) is 6.94. The zero-order chi connectivity index (χ0) is 19.5. The summed E-state index contributed by atoms with van der Waals surface area (Å²) in [6, 6.07) is 11.9. The fourth-order valence-electron chi connectivity index (χ4n) is 3.43. The number of benzene rings is 1. The number of nitrogens with zero attached hydrogens (tertiary/aromatic N) is 3. The molecule has 1 atom stereocenters. The van der Waals surface area contributed by atoms with Crippen molar-refractivity contribution in [2.75, 3.05) is 18.4 Å². The van der Waals surface area contributed by atoms with Crippen LogP contribution in [-0.2, 0) is 0 Å². The summed E-state index contributed by atoms with van der Waals surface area (Å²) in [7, 11) is 0. The van der Waals surface area contributed by atoms with Gasteiger partial charge in [0.05, 0.1) is 10.6 Å². The van der Waals surface area contributed by atoms with Gasteiger partial charge in [-0.2, -0.15) is 0 Å². The van der Waals surface area contributed by atoms with Crippen molar-refractivity contribution in [2.24, 2.45) is 0 Å². The van der Waals surface area contributed by atoms with E-state index in [-0.39, 0.29) is 17.6 Å². The highest BCUT2D eigenvalue weighted by atomic mass is 32.1. The zero-order valence-electron chi connectivity index (χ0n) is 15.6. The first-order chi connectivity index (χ1) is 13.6. The number of amides is 1. The van der Waals surface area contributed by atoms with Crippen LogP contribution in [0.3, 0.4) is 0 Å². The first kappa shape index (κ1) is 18.6. The molecule has 1 saturated heterocycles. The van der Waals surface area contributed by atoms with Crippen LogP contribution in [0.15, 0.2) is 48.7 Å². The molecule has 2 aromatic heterocycles. The van der Waals surface area contributed by atoms with E-state index in [4.69, 9.17) is 0 Å². The number of aryl methyl sites for hydroxylation is 1. The van der Waals surface area contributed by atoms with E-state index in [9.17, 15) is 9.18 Å². The Bertz CT molecular complexity index is 973. The van der Waals surface area contributed by atoms with Gasteiger partial charge in [-0.1, -0.05) is 0 Å². The van der Waals surface area contributed by atoms with Gasteiger partial charge in [0.2, 0.25) is 5.95 Å². The number of thiophene rings is 1. The van der Waals surface area contributed by atoms with Gasteiger partial charge in [-0.25, -0.2) is 14.4 Å². The average molecular weight is 396 g/mol. The van der Waals surface area contributed by atoms with Crippen molar-refractivity contribution in [3.05, 3.63) is 69.9 Å². The maximum Gasteiger partial charge on any atom is 0.263 e. The molecule has 0 radical (unpaired) electrons. The number of aromatic nitrogens is 2. The van der Waals surface area contributed by atoms with Crippen LogP contribution in [0, 0.1) is 12.7 Å². The molecule has 1 aromatic carbocycles. The summed E-state index contributed by atoms with van der Waals surface area (Å²) in [5.41, 5.74) is 1.64. The van der Waals surface area contributed by atoms with Gasteiger partial charge in [0, 0.05) is 35.8 Å². The molecular formula is C21H21FN4OS. The number of piperidine rings is 1. The molecule has 7 heteroatoms. The number of carbonyl (C=O) groups is 1. The predicted molar refractivity (Wildman–Crippen MR) is 109 cm³/mol. The molecule has 0 spiro atoms. The molecule has 1 fully saturated rings. The van der Waals surface area contributed by atoms with Crippen LogP contribution in [0.1, 0.15) is 39.0 Å². The number of hydrogen-bond acceptors (Lipinski definition) is 5. The molecule has 4 rings (SSSR count). The van der Waals surface area contributed by atoms with Crippen LogP contribution >= 0.6 is 11.3 Å². The maximum atomic E-state index is 13.1. The highest BCUT2D eigenvalue weighted by molar-refractivity contribution is 7.13. The number of anilines is 2. The fourth-order valence-corrected chi connectivity index (χ4v) is 4.27. The van der Waals surface area contributed by atoms with Gasteiger partial charge in [-0.15, -0.1) is 11.3 Å². The summed E-state index contributed by atoms with van der Waals surface area (Å²) in [4.78, 5) is 25.5. The Kier molecular flexibility index (Phi) is 5.34. The molecule has 144 valence electrons. The lowest BCUT2D eigenvalue weighted by Crippen LogP contribution is -2.39. The molecule has 5 nitrogen and oxygen atoms in total. The number of likely N-dealkylation sites (tertiary alicyclic amines) is 1. The quantitative estimate of drug-likeness (QED) is 0.691. The Morgan fingerprint density at radius 3 is 2.79 bits per heavy atom. The molecule has 0 aliphatic carbocycles. The summed E-state index contributed by atoms with van der Waals surface area (Å²) in [5, 5.41) is 3.11. The normalized spacial score (nSPS) is 16.8. The molecule has 0 saturated carbocycles. The molecule has 0 unspecified atom stereocenters. The van der Waals surface area contributed by atoms with Crippen molar-refractivity contribution in [3.8, 4) is 0 Å². The molecule has 3 heterocycles. The minimum Gasteiger partial charge on any atom is -0.337 e. The average Bonchev–Trinajstić information content (AvgIpc) is 3.16. The lowest BCUT2D eigenvalue weighted by atomic mass is 9.94. The zero-order valence-corrected chi connectivity index (χ0v) is 16.4. The van der Waals surface area contributed by atoms with Crippen LogP contribution in [0.5, 0.6) is 0 Å². The van der Waals surface area contributed by atoms with E-state index < -0.39 is 0 Å². The molecular weight excluding hydrogens is 375 g/mol. The molecule has 0 bridgehead atoms. The predicted octanol–water partition coefficient (Wildman–Crippen LogP) is 4.75. The number of rotatable bonds is 4. The number of nitrogens with one attached hydrogen (secondary N) is 1. The van der Waals surface area contributed by atoms with Gasteiger partial charge in [0.25, 0.3) is 5.91 Å². The fraction of sp³-hybridized carbons (Fsp3) is 0.286. The number of carbonyl (C=O) groups excluding carboxylic acids is 1. The summed E-state index contributed by atoms with van der Waals surface area (Å²) in [6.45, 7) is 3.44. The first-order valence-electron chi connectivity index (χ1n) is 9.30. The minimum absolute atomic E-state index is 0.0986. The van der Waals surface area contributed by atoms with Crippen LogP contribution < -0.4 is 5.32 Å². The number of hydrogen-bond donors (Lipinski definition) is 1. The van der Waals surface area contributed by atoms with Crippen LogP contribution in [0.2, 0.25) is 0 Å². The Labute approximate surface area is 167 Å². The van der Waals surface area contributed by atoms with Crippen LogP contribution in [0.4, 0.5) is 16.0 Å². The molecule has 1 N–H and O–H groups in total. The van der Waals surface area contributed by atoms with Gasteiger partial charge >= 0.3 is 0 Å². The second kappa shape index (κ2) is 8.06. The Hall–Kier alpha value is -2.80. The van der Waals surface area contributed by atoms with Gasteiger partial charge in [-0.05, 0) is 62.2 Å². The van der Waals surface area contributed by atoms with Crippen molar-refractivity contribution in [1.29, 1.82) is 0 Å². The third kappa shape index (κ3) is 4.20. The third-order valence-corrected chi connectivity index (χ3v) is 5.84. The Balaban J connectivity index is 1.47. The Morgan fingerprint density at radius 2 is 2.04 bits per heavy atom. The maximum absolute atomic E-state index is 13.1. The summed E-state index contributed by atoms with van der Waals surface area (Å²) in [5.74, 6) is 0.464. The van der Waals surface area contributed by atoms with E-state index in [2.05, 4.69) is 15.3 Å². The molecule has 1 aliphatic heterocycles. The van der Waals surface area contributed by atoms with E-state index in [0.717, 1.165) is 40.5 Å². The first-order valence-corrected chi connectivity index (χ1v) is 10.1. The molecule has 1 amide bonds. The second-order valence-corrected chi connectivity index (χ2v) is 8.23. The van der Waals surface area contributed by atoms with Gasteiger partial charge < -0.3 is 10.2 Å². The number of halogens is 1. The summed E-state index contributed by atoms with van der Waals surface area (Å²) >= 11 is 1.54.